The fourth-order valence-corrected chi connectivity index (χ4v) is 1.82. The predicted octanol–water partition coefficient (Wildman–Crippen LogP) is 3.37. The minimum absolute atomic E-state index is 0.115. The van der Waals surface area contributed by atoms with Crippen molar-refractivity contribution in [3.05, 3.63) is 23.5 Å². The molecule has 0 aliphatic carbocycles. The molecule has 1 rings (SSSR count). The van der Waals surface area contributed by atoms with E-state index in [1.165, 1.54) is 20.8 Å². The lowest BCUT2D eigenvalue weighted by Crippen LogP contribution is -2.30. The van der Waals surface area contributed by atoms with E-state index in [0.717, 1.165) is 12.1 Å². The smallest absolute Gasteiger partial charge is 0.390 e. The van der Waals surface area contributed by atoms with Crippen LogP contribution in [0.2, 0.25) is 0 Å². The van der Waals surface area contributed by atoms with Gasteiger partial charge in [-0.1, -0.05) is 6.07 Å². The van der Waals surface area contributed by atoms with Crippen molar-refractivity contribution >= 4 is 17.3 Å². The molecule has 22 heavy (non-hydrogen) atoms. The average molecular weight is 322 g/mol. The van der Waals surface area contributed by atoms with Crippen LogP contribution in [0.25, 0.3) is 0 Å². The number of nitrogen functional groups attached to an aromatic ring is 2. The number of nitrogens with two attached hydrogens (primary N) is 2. The van der Waals surface area contributed by atoms with E-state index >= 15 is 0 Å². The summed E-state index contributed by atoms with van der Waals surface area (Å²) < 4.78 is 57.2. The van der Waals surface area contributed by atoms with Gasteiger partial charge in [0, 0.05) is 5.56 Å². The van der Waals surface area contributed by atoms with Crippen molar-refractivity contribution in [2.24, 2.45) is 0 Å². The molecule has 4 nitrogen and oxygen atoms in total. The summed E-state index contributed by atoms with van der Waals surface area (Å²) in [5.74, 6) is -4.16. The second-order valence-corrected chi connectivity index (χ2v) is 5.88. The molecule has 0 spiro atoms. The average Bonchev–Trinajstić information content (AvgIpc) is 2.30. The molecule has 0 saturated carbocycles. The first-order chi connectivity index (χ1) is 9.82. The highest BCUT2D eigenvalue weighted by Crippen LogP contribution is 2.36. The quantitative estimate of drug-likeness (QED) is 0.508. The molecule has 1 aromatic carbocycles. The Morgan fingerprint density at radius 1 is 1.23 bits per heavy atom. The minimum Gasteiger partial charge on any atom is -0.459 e. The summed E-state index contributed by atoms with van der Waals surface area (Å²) in [6.45, 7) is 4.51. The topological polar surface area (TPSA) is 78.3 Å². The van der Waals surface area contributed by atoms with E-state index in [0.29, 0.717) is 0 Å². The molecule has 0 bridgehead atoms. The molecule has 1 atom stereocenters. The zero-order valence-corrected chi connectivity index (χ0v) is 12.4. The molecule has 0 heterocycles. The van der Waals surface area contributed by atoms with Crippen LogP contribution in [0.3, 0.4) is 0 Å². The number of ether oxygens (including phenoxy) is 1. The van der Waals surface area contributed by atoms with Gasteiger partial charge in [-0.3, -0.25) is 4.79 Å². The fraction of sp³-hybridized carbons (Fsp3) is 0.500. The molecule has 1 aromatic rings. The largest absolute Gasteiger partial charge is 0.459 e. The Kier molecular flexibility index (Phi) is 4.94. The van der Waals surface area contributed by atoms with Crippen molar-refractivity contribution in [3.8, 4) is 0 Å². The van der Waals surface area contributed by atoms with Crippen LogP contribution in [0, 0.1) is 5.82 Å². The van der Waals surface area contributed by atoms with Crippen LogP contribution in [0.1, 0.15) is 38.7 Å². The lowest BCUT2D eigenvalue weighted by atomic mass is 9.93. The van der Waals surface area contributed by atoms with Crippen LogP contribution in [0.4, 0.5) is 28.9 Å². The molecular weight excluding hydrogens is 304 g/mol. The summed E-state index contributed by atoms with van der Waals surface area (Å²) in [6.07, 6.45) is -6.23. The third kappa shape index (κ3) is 4.78. The Balaban J connectivity index is 3.27. The van der Waals surface area contributed by atoms with Crippen LogP contribution < -0.4 is 11.5 Å². The third-order valence-corrected chi connectivity index (χ3v) is 2.75. The maximum absolute atomic E-state index is 14.1. The summed E-state index contributed by atoms with van der Waals surface area (Å²) >= 11 is 0. The van der Waals surface area contributed by atoms with Crippen LogP contribution in [0.5, 0.6) is 0 Å². The number of rotatable bonds is 3. The van der Waals surface area contributed by atoms with E-state index in [4.69, 9.17) is 16.2 Å². The van der Waals surface area contributed by atoms with Gasteiger partial charge < -0.3 is 16.2 Å². The Morgan fingerprint density at radius 2 is 1.77 bits per heavy atom. The molecule has 1 unspecified atom stereocenters. The van der Waals surface area contributed by atoms with Crippen LogP contribution in [0.15, 0.2) is 12.1 Å². The van der Waals surface area contributed by atoms with Crippen molar-refractivity contribution in [1.29, 1.82) is 0 Å². The van der Waals surface area contributed by atoms with Crippen molar-refractivity contribution in [2.75, 3.05) is 11.5 Å². The van der Waals surface area contributed by atoms with E-state index in [9.17, 15) is 22.4 Å². The van der Waals surface area contributed by atoms with Gasteiger partial charge in [-0.05, 0) is 26.8 Å². The molecule has 0 fully saturated rings. The van der Waals surface area contributed by atoms with Gasteiger partial charge in [0.15, 0.2) is 5.82 Å². The number of carbonyl (C=O) groups is 1. The molecule has 0 saturated heterocycles. The number of esters is 1. The van der Waals surface area contributed by atoms with Crippen LogP contribution >= 0.6 is 0 Å². The van der Waals surface area contributed by atoms with Crippen LogP contribution in [-0.2, 0) is 9.53 Å². The van der Waals surface area contributed by atoms with Crippen molar-refractivity contribution in [3.63, 3.8) is 0 Å². The maximum atomic E-state index is 14.1. The van der Waals surface area contributed by atoms with E-state index in [-0.39, 0.29) is 5.69 Å². The molecule has 0 amide bonds. The number of hydrogen-bond donors (Lipinski definition) is 2. The van der Waals surface area contributed by atoms with Gasteiger partial charge in [-0.2, -0.15) is 13.2 Å². The lowest BCUT2D eigenvalue weighted by Gasteiger charge is -2.25. The maximum Gasteiger partial charge on any atom is 0.390 e. The first-order valence-electron chi connectivity index (χ1n) is 6.45. The summed E-state index contributed by atoms with van der Waals surface area (Å²) in [4.78, 5) is 12.0. The second kappa shape index (κ2) is 6.02. The molecule has 4 N–H and O–H groups in total. The highest BCUT2D eigenvalue weighted by Gasteiger charge is 2.39. The SMILES string of the molecule is CC(C)(C)OC(=O)C(CC(F)(F)F)c1ccc(N)c(N)c1F. The number of benzene rings is 1. The minimum atomic E-state index is -4.68. The number of hydrogen-bond acceptors (Lipinski definition) is 4. The first-order valence-corrected chi connectivity index (χ1v) is 6.45. The van der Waals surface area contributed by atoms with Crippen molar-refractivity contribution in [2.45, 2.75) is 44.9 Å². The zero-order chi connectivity index (χ0) is 17.3. The molecule has 0 aliphatic heterocycles. The summed E-state index contributed by atoms with van der Waals surface area (Å²) in [5, 5.41) is 0. The Labute approximate surface area is 125 Å². The zero-order valence-electron chi connectivity index (χ0n) is 12.4. The second-order valence-electron chi connectivity index (χ2n) is 5.88. The van der Waals surface area contributed by atoms with Gasteiger partial charge >= 0.3 is 12.1 Å². The van der Waals surface area contributed by atoms with Gasteiger partial charge in [-0.15, -0.1) is 0 Å². The standard InChI is InChI=1S/C14H18F4N2O2/c1-13(2,3)22-12(21)8(6-14(16,17)18)7-4-5-9(19)11(20)10(7)15/h4-5,8H,6,19-20H2,1-3H3. The van der Waals surface area contributed by atoms with Gasteiger partial charge in [0.25, 0.3) is 0 Å². The fourth-order valence-electron chi connectivity index (χ4n) is 1.82. The van der Waals surface area contributed by atoms with Gasteiger partial charge in [-0.25, -0.2) is 4.39 Å². The molecule has 0 aromatic heterocycles. The molecular formula is C14H18F4N2O2. The first kappa shape index (κ1) is 18.1. The molecule has 0 radical (unpaired) electrons. The van der Waals surface area contributed by atoms with Gasteiger partial charge in [0.1, 0.15) is 5.60 Å². The summed E-state index contributed by atoms with van der Waals surface area (Å²) in [6, 6.07) is 2.17. The van der Waals surface area contributed by atoms with E-state index in [1.54, 1.807) is 0 Å². The monoisotopic (exact) mass is 322 g/mol. The van der Waals surface area contributed by atoms with Crippen molar-refractivity contribution in [1.82, 2.24) is 0 Å². The molecule has 124 valence electrons. The number of halogens is 4. The third-order valence-electron chi connectivity index (χ3n) is 2.75. The number of carbonyl (C=O) groups excluding carboxylic acids is 1. The predicted molar refractivity (Wildman–Crippen MR) is 74.5 cm³/mol. The number of alkyl halides is 3. The Bertz CT molecular complexity index is 565. The van der Waals surface area contributed by atoms with E-state index < -0.39 is 47.2 Å². The van der Waals surface area contributed by atoms with Crippen molar-refractivity contribution < 1.29 is 27.1 Å². The van der Waals surface area contributed by atoms with Crippen LogP contribution in [-0.4, -0.2) is 17.7 Å². The summed E-state index contributed by atoms with van der Waals surface area (Å²) in [5.41, 5.74) is 8.67. The molecule has 0 aliphatic rings. The Hall–Kier alpha value is -1.99. The van der Waals surface area contributed by atoms with Gasteiger partial charge in [0.2, 0.25) is 0 Å². The highest BCUT2D eigenvalue weighted by molar-refractivity contribution is 5.80. The Morgan fingerprint density at radius 3 is 2.23 bits per heavy atom. The highest BCUT2D eigenvalue weighted by atomic mass is 19.4. The van der Waals surface area contributed by atoms with E-state index in [1.807, 2.05) is 0 Å². The lowest BCUT2D eigenvalue weighted by molar-refractivity contribution is -0.169. The molecule has 8 heteroatoms. The van der Waals surface area contributed by atoms with E-state index in [2.05, 4.69) is 0 Å². The van der Waals surface area contributed by atoms with Gasteiger partial charge in [0.05, 0.1) is 23.7 Å². The summed E-state index contributed by atoms with van der Waals surface area (Å²) in [7, 11) is 0. The number of anilines is 2. The normalized spacial score (nSPS) is 13.8.